The molecule has 1 N–H and O–H groups in total. The van der Waals surface area contributed by atoms with E-state index in [1.54, 1.807) is 31.3 Å². The van der Waals surface area contributed by atoms with Crippen molar-refractivity contribution >= 4 is 44.4 Å². The zero-order valence-corrected chi connectivity index (χ0v) is 35.4. The van der Waals surface area contributed by atoms with Gasteiger partial charge in [0.1, 0.15) is 11.9 Å². The number of benzene rings is 1. The lowest BCUT2D eigenvalue weighted by Crippen LogP contribution is -2.49. The van der Waals surface area contributed by atoms with Gasteiger partial charge in [-0.15, -0.1) is 0 Å². The number of ketones is 1. The lowest BCUT2D eigenvalue weighted by Gasteiger charge is -2.34. The molecule has 4 aliphatic rings. The van der Waals surface area contributed by atoms with Crippen molar-refractivity contribution < 1.29 is 55.0 Å². The van der Waals surface area contributed by atoms with Gasteiger partial charge in [-0.05, 0) is 114 Å². The van der Waals surface area contributed by atoms with Gasteiger partial charge in [-0.25, -0.2) is 13.4 Å². The quantitative estimate of drug-likeness (QED) is 0.181. The Bertz CT molecular complexity index is 2090. The molecule has 2 aliphatic heterocycles. The van der Waals surface area contributed by atoms with Gasteiger partial charge in [0.2, 0.25) is 33.3 Å². The minimum atomic E-state index is -4.86. The molecule has 0 spiro atoms. The Balaban J connectivity index is 1.36. The monoisotopic (exact) mass is 847 g/mol. The Morgan fingerprint density at radius 1 is 1.08 bits per heavy atom. The minimum Gasteiger partial charge on any atom is -0.494 e. The first-order valence-electron chi connectivity index (χ1n) is 20.7. The maximum atomic E-state index is 15.0. The number of ether oxygens (including phenoxy) is 3. The molecule has 0 radical (unpaired) electrons. The predicted molar refractivity (Wildman–Crippen MR) is 213 cm³/mol. The van der Waals surface area contributed by atoms with E-state index in [2.05, 4.69) is 9.71 Å². The number of amides is 2. The summed E-state index contributed by atoms with van der Waals surface area (Å²) in [5.74, 6) is -4.16. The number of sulfonamides is 1. The minimum absolute atomic E-state index is 0.0142. The molecule has 0 unspecified atom stereocenters. The van der Waals surface area contributed by atoms with Gasteiger partial charge in [0.05, 0.1) is 41.7 Å². The highest BCUT2D eigenvalue weighted by Crippen LogP contribution is 2.58. The van der Waals surface area contributed by atoms with Crippen molar-refractivity contribution in [2.45, 2.75) is 134 Å². The van der Waals surface area contributed by atoms with Crippen LogP contribution in [-0.4, -0.2) is 83.7 Å². The number of aromatic nitrogens is 1. The molecule has 1 aromatic heterocycles. The van der Waals surface area contributed by atoms with Crippen LogP contribution >= 0.6 is 0 Å². The lowest BCUT2D eigenvalue weighted by atomic mass is 9.79. The second-order valence-electron chi connectivity index (χ2n) is 17.7. The van der Waals surface area contributed by atoms with Crippen LogP contribution in [0.3, 0.4) is 0 Å². The van der Waals surface area contributed by atoms with Gasteiger partial charge < -0.3 is 19.1 Å². The Hall–Kier alpha value is -4.21. The number of hydrogen-bond acceptors (Lipinski definition) is 10. The standard InChI is InChI=1S/C43H56F3N3O9S/c1-7-27-19-26(3)11-9-10-12-29-23-42(29,39(53)48-59(54,55)41(6)16-17-41)24-35(50)34-21-31(57-37-32-14-13-30(56-8-2)20-28(32)15-18-47-37)25-49(34)38(52)33(27)22-36(51)58-40(4,5)43(44,45)46/h10,12-15,18,20,26-27,29,31,33-34H,7-9,11,16-17,19,21-25H2,1-6H3,(H,48,53)/b12-10-/t26-,27+,29+,31+,33-,34-,42+/m0/s1. The molecule has 12 nitrogen and oxygen atoms in total. The van der Waals surface area contributed by atoms with Crippen molar-refractivity contribution in [2.24, 2.45) is 29.1 Å². The number of carbonyl (C=O) groups is 4. The van der Waals surface area contributed by atoms with Crippen LogP contribution < -0.4 is 14.2 Å². The molecule has 2 amide bonds. The predicted octanol–water partition coefficient (Wildman–Crippen LogP) is 7.24. The third-order valence-electron chi connectivity index (χ3n) is 12.9. The number of Topliss-reactive ketones (excluding diaryl/α,β-unsaturated/α-hetero) is 1. The smallest absolute Gasteiger partial charge is 0.427 e. The highest BCUT2D eigenvalue weighted by atomic mass is 32.2. The molecule has 7 atom stereocenters. The zero-order chi connectivity index (χ0) is 43.1. The fourth-order valence-corrected chi connectivity index (χ4v) is 9.88. The number of allylic oxidation sites excluding steroid dienone is 2. The molecule has 16 heteroatoms. The molecule has 2 aliphatic carbocycles. The topological polar surface area (TPSA) is 158 Å². The van der Waals surface area contributed by atoms with E-state index in [1.165, 1.54) is 4.90 Å². The molecule has 2 saturated carbocycles. The first-order chi connectivity index (χ1) is 27.6. The van der Waals surface area contributed by atoms with E-state index in [1.807, 2.05) is 39.0 Å². The third-order valence-corrected chi connectivity index (χ3v) is 15.0. The summed E-state index contributed by atoms with van der Waals surface area (Å²) >= 11 is 0. The highest BCUT2D eigenvalue weighted by molar-refractivity contribution is 7.91. The maximum absolute atomic E-state index is 15.0. The van der Waals surface area contributed by atoms with E-state index in [-0.39, 0.29) is 37.6 Å². The number of pyridine rings is 1. The van der Waals surface area contributed by atoms with Crippen molar-refractivity contribution in [2.75, 3.05) is 13.2 Å². The second kappa shape index (κ2) is 16.7. The molecule has 3 fully saturated rings. The molecule has 0 bridgehead atoms. The average Bonchev–Trinajstić information content (AvgIpc) is 4.04. The summed E-state index contributed by atoms with van der Waals surface area (Å²) < 4.78 is 86.3. The van der Waals surface area contributed by atoms with Gasteiger partial charge in [-0.2, -0.15) is 13.2 Å². The molecular formula is C43H56F3N3O9S. The molecule has 59 heavy (non-hydrogen) atoms. The number of esters is 1. The number of nitrogens with one attached hydrogen (secondary N) is 1. The van der Waals surface area contributed by atoms with E-state index in [0.717, 1.165) is 19.2 Å². The fourth-order valence-electron chi connectivity index (χ4n) is 8.54. The summed E-state index contributed by atoms with van der Waals surface area (Å²) in [6.07, 6.45) is 1.88. The third kappa shape index (κ3) is 9.42. The van der Waals surface area contributed by atoms with Gasteiger partial charge in [0.25, 0.3) is 0 Å². The van der Waals surface area contributed by atoms with Gasteiger partial charge >= 0.3 is 12.1 Å². The number of fused-ring (bicyclic) bond motifs is 3. The summed E-state index contributed by atoms with van der Waals surface area (Å²) in [5.41, 5.74) is -4.19. The molecule has 1 saturated heterocycles. The molecule has 2 aromatic rings. The van der Waals surface area contributed by atoms with E-state index in [4.69, 9.17) is 14.2 Å². The first kappa shape index (κ1) is 44.3. The van der Waals surface area contributed by atoms with E-state index < -0.39 is 91.8 Å². The summed E-state index contributed by atoms with van der Waals surface area (Å²) in [4.78, 5) is 62.9. The number of rotatable bonds is 11. The molecular weight excluding hydrogens is 792 g/mol. The SMILES string of the molecule is CCOc1ccc2c(O[C@@H]3C[C@H]4C(=O)C[C@]5(C(=O)NS(=O)(=O)C6(C)CC6)C[C@H]5/C=C\CC[C@H](C)C[C@@H](CC)[C@H](CC(=O)OC(C)(C)C(F)(F)F)C(=O)N4C3)nccc2c1. The van der Waals surface area contributed by atoms with Crippen LogP contribution in [0.2, 0.25) is 0 Å². The second-order valence-corrected chi connectivity index (χ2v) is 19.9. The largest absolute Gasteiger partial charge is 0.494 e. The number of halogens is 3. The van der Waals surface area contributed by atoms with Crippen LogP contribution in [-0.2, 0) is 33.9 Å². The fraction of sp³-hybridized carbons (Fsp3) is 0.651. The van der Waals surface area contributed by atoms with E-state index in [0.29, 0.717) is 56.3 Å². The Morgan fingerprint density at radius 2 is 1.81 bits per heavy atom. The maximum Gasteiger partial charge on any atom is 0.427 e. The van der Waals surface area contributed by atoms with Gasteiger partial charge in [0, 0.05) is 24.4 Å². The van der Waals surface area contributed by atoms with Crippen LogP contribution in [0.25, 0.3) is 10.8 Å². The van der Waals surface area contributed by atoms with Crippen LogP contribution in [0, 0.1) is 29.1 Å². The molecule has 3 heterocycles. The van der Waals surface area contributed by atoms with Gasteiger partial charge in [-0.1, -0.05) is 32.4 Å². The van der Waals surface area contributed by atoms with Crippen LogP contribution in [0.4, 0.5) is 13.2 Å². The van der Waals surface area contributed by atoms with Crippen molar-refractivity contribution in [3.05, 3.63) is 42.6 Å². The number of carbonyl (C=O) groups excluding carboxylic acids is 4. The first-order valence-corrected chi connectivity index (χ1v) is 22.2. The van der Waals surface area contributed by atoms with Crippen LogP contribution in [0.15, 0.2) is 42.6 Å². The summed E-state index contributed by atoms with van der Waals surface area (Å²) in [6, 6.07) is 6.04. The Morgan fingerprint density at radius 3 is 2.47 bits per heavy atom. The molecule has 6 rings (SSSR count). The summed E-state index contributed by atoms with van der Waals surface area (Å²) in [6.45, 7) is 9.13. The van der Waals surface area contributed by atoms with Crippen molar-refractivity contribution in [3.63, 3.8) is 0 Å². The number of nitrogens with zero attached hydrogens (tertiary/aromatic N) is 2. The summed E-state index contributed by atoms with van der Waals surface area (Å²) in [5, 5.41) is 1.43. The average molecular weight is 848 g/mol. The van der Waals surface area contributed by atoms with Crippen LogP contribution in [0.5, 0.6) is 11.6 Å². The Labute approximate surface area is 344 Å². The van der Waals surface area contributed by atoms with Crippen LogP contribution in [0.1, 0.15) is 106 Å². The summed E-state index contributed by atoms with van der Waals surface area (Å²) in [7, 11) is -4.03. The number of alkyl halides is 3. The van der Waals surface area contributed by atoms with Gasteiger partial charge in [0.15, 0.2) is 5.78 Å². The van der Waals surface area contributed by atoms with Crippen molar-refractivity contribution in [1.29, 1.82) is 0 Å². The lowest BCUT2D eigenvalue weighted by molar-refractivity contribution is -0.257. The normalized spacial score (nSPS) is 29.3. The highest BCUT2D eigenvalue weighted by Gasteiger charge is 2.63. The van der Waals surface area contributed by atoms with Gasteiger partial charge in [-0.3, -0.25) is 23.9 Å². The van der Waals surface area contributed by atoms with Crippen molar-refractivity contribution in [3.8, 4) is 11.6 Å². The molecule has 324 valence electrons. The number of hydrogen-bond donors (Lipinski definition) is 1. The zero-order valence-electron chi connectivity index (χ0n) is 34.6. The molecule has 1 aromatic carbocycles. The van der Waals surface area contributed by atoms with E-state index >= 15 is 0 Å². The Kier molecular flexibility index (Phi) is 12.5. The van der Waals surface area contributed by atoms with Crippen molar-refractivity contribution in [1.82, 2.24) is 14.6 Å². The van der Waals surface area contributed by atoms with E-state index in [9.17, 15) is 40.8 Å².